The molecule has 0 radical (unpaired) electrons. The number of aliphatic hydroxyl groups excluding tert-OH is 1. The van der Waals surface area contributed by atoms with E-state index in [0.29, 0.717) is 43.4 Å². The Kier molecular flexibility index (Phi) is 8.68. The molecule has 2 aromatic carbocycles. The number of benzene rings is 2. The molecule has 2 saturated heterocycles. The van der Waals surface area contributed by atoms with Crippen molar-refractivity contribution in [3.05, 3.63) is 59.2 Å². The van der Waals surface area contributed by atoms with Gasteiger partial charge in [0, 0.05) is 18.5 Å². The zero-order valence-corrected chi connectivity index (χ0v) is 22.4. The molecule has 39 heavy (non-hydrogen) atoms. The molecule has 0 spiro atoms. The number of ketones is 1. The second-order valence-corrected chi connectivity index (χ2v) is 10.1. The minimum Gasteiger partial charge on any atom is -0.507 e. The lowest BCUT2D eigenvalue weighted by Gasteiger charge is -2.27. The highest BCUT2D eigenvalue weighted by Crippen LogP contribution is 2.41. The van der Waals surface area contributed by atoms with E-state index in [1.54, 1.807) is 23.1 Å². The van der Waals surface area contributed by atoms with Gasteiger partial charge in [0.05, 0.1) is 38.0 Å². The summed E-state index contributed by atoms with van der Waals surface area (Å²) < 4.78 is 22.5. The van der Waals surface area contributed by atoms with Gasteiger partial charge in [0.2, 0.25) is 0 Å². The number of nitrogens with one attached hydrogen (secondary N) is 1. The average molecular weight is 538 g/mol. The summed E-state index contributed by atoms with van der Waals surface area (Å²) in [5, 5.41) is 11.4. The lowest BCUT2D eigenvalue weighted by molar-refractivity contribution is -0.908. The number of aliphatic hydroxyl groups is 1. The third-order valence-electron chi connectivity index (χ3n) is 7.45. The molecule has 0 saturated carbocycles. The van der Waals surface area contributed by atoms with Gasteiger partial charge in [-0.1, -0.05) is 25.5 Å². The van der Waals surface area contributed by atoms with Crippen LogP contribution in [0.4, 0.5) is 0 Å². The van der Waals surface area contributed by atoms with Gasteiger partial charge in [-0.2, -0.15) is 0 Å². The quantitative estimate of drug-likeness (QED) is 0.208. The first-order chi connectivity index (χ1) is 19.1. The summed E-state index contributed by atoms with van der Waals surface area (Å²) in [5.41, 5.74) is 1.23. The minimum absolute atomic E-state index is 0.0787. The number of unbranched alkanes of at least 4 members (excludes halogenated alkanes) is 1. The van der Waals surface area contributed by atoms with E-state index in [0.717, 1.165) is 63.4 Å². The Hall–Kier alpha value is -3.56. The van der Waals surface area contributed by atoms with Crippen molar-refractivity contribution in [3.8, 4) is 17.2 Å². The van der Waals surface area contributed by atoms with E-state index < -0.39 is 17.7 Å². The lowest BCUT2D eigenvalue weighted by atomic mass is 9.95. The third kappa shape index (κ3) is 6.04. The molecule has 3 heterocycles. The SMILES string of the molecule is CCCCOc1ccc([C@@H]2C(=C(O)c3ccc4c(c3)OCCO4)C(=O)C(=O)N2CCC[NH+]2CCOCC2)cc1. The summed E-state index contributed by atoms with van der Waals surface area (Å²) >= 11 is 0. The number of hydrogen-bond acceptors (Lipinski definition) is 7. The van der Waals surface area contributed by atoms with E-state index in [9.17, 15) is 14.7 Å². The van der Waals surface area contributed by atoms with E-state index in [1.807, 2.05) is 24.3 Å². The van der Waals surface area contributed by atoms with E-state index in [4.69, 9.17) is 18.9 Å². The van der Waals surface area contributed by atoms with Gasteiger partial charge in [0.15, 0.2) is 11.5 Å². The molecule has 1 atom stereocenters. The second-order valence-electron chi connectivity index (χ2n) is 10.1. The number of ether oxygens (including phenoxy) is 4. The molecule has 9 heteroatoms. The first kappa shape index (κ1) is 27.0. The van der Waals surface area contributed by atoms with E-state index >= 15 is 0 Å². The molecule has 9 nitrogen and oxygen atoms in total. The van der Waals surface area contributed by atoms with Crippen molar-refractivity contribution in [3.63, 3.8) is 0 Å². The maximum absolute atomic E-state index is 13.4. The number of carbonyl (C=O) groups is 2. The van der Waals surface area contributed by atoms with Crippen LogP contribution in [0.3, 0.4) is 0 Å². The van der Waals surface area contributed by atoms with Gasteiger partial charge in [-0.15, -0.1) is 0 Å². The Balaban J connectivity index is 1.45. The molecule has 0 bridgehead atoms. The smallest absolute Gasteiger partial charge is 0.295 e. The average Bonchev–Trinajstić information content (AvgIpc) is 3.22. The fraction of sp³-hybridized carbons (Fsp3) is 0.467. The summed E-state index contributed by atoms with van der Waals surface area (Å²) in [7, 11) is 0. The fourth-order valence-electron chi connectivity index (χ4n) is 5.29. The molecule has 0 aliphatic carbocycles. The predicted molar refractivity (Wildman–Crippen MR) is 144 cm³/mol. The van der Waals surface area contributed by atoms with Crippen molar-refractivity contribution >= 4 is 17.4 Å². The molecule has 2 N–H and O–H groups in total. The Morgan fingerprint density at radius 2 is 1.74 bits per heavy atom. The Labute approximate surface area is 228 Å². The van der Waals surface area contributed by atoms with Crippen LogP contribution in [-0.4, -0.2) is 80.9 Å². The van der Waals surface area contributed by atoms with Crippen molar-refractivity contribution in [1.82, 2.24) is 4.90 Å². The predicted octanol–water partition coefficient (Wildman–Crippen LogP) is 2.36. The summed E-state index contributed by atoms with van der Waals surface area (Å²) in [6, 6.07) is 11.8. The Morgan fingerprint density at radius 3 is 2.49 bits per heavy atom. The largest absolute Gasteiger partial charge is 0.507 e. The number of hydrogen-bond donors (Lipinski definition) is 2. The van der Waals surface area contributed by atoms with Crippen LogP contribution in [0.5, 0.6) is 17.2 Å². The van der Waals surface area contributed by atoms with Gasteiger partial charge in [0.25, 0.3) is 11.7 Å². The Morgan fingerprint density at radius 1 is 1.00 bits per heavy atom. The first-order valence-electron chi connectivity index (χ1n) is 13.9. The zero-order chi connectivity index (χ0) is 27.2. The molecule has 3 aliphatic rings. The lowest BCUT2D eigenvalue weighted by Crippen LogP contribution is -3.14. The molecule has 0 aromatic heterocycles. The summed E-state index contributed by atoms with van der Waals surface area (Å²) in [6.45, 7) is 8.23. The number of quaternary nitrogens is 1. The van der Waals surface area contributed by atoms with Crippen molar-refractivity contribution in [1.29, 1.82) is 0 Å². The molecule has 2 fully saturated rings. The maximum Gasteiger partial charge on any atom is 0.295 e. The molecule has 1 amide bonds. The van der Waals surface area contributed by atoms with Crippen LogP contribution in [0.1, 0.15) is 43.4 Å². The van der Waals surface area contributed by atoms with Gasteiger partial charge in [0.1, 0.15) is 37.8 Å². The van der Waals surface area contributed by atoms with Gasteiger partial charge in [-0.3, -0.25) is 9.59 Å². The van der Waals surface area contributed by atoms with E-state index in [-0.39, 0.29) is 11.3 Å². The third-order valence-corrected chi connectivity index (χ3v) is 7.45. The zero-order valence-electron chi connectivity index (χ0n) is 22.4. The van der Waals surface area contributed by atoms with Gasteiger partial charge in [-0.25, -0.2) is 0 Å². The highest BCUT2D eigenvalue weighted by Gasteiger charge is 2.46. The fourth-order valence-corrected chi connectivity index (χ4v) is 5.29. The topological polar surface area (TPSA) is 99.0 Å². The van der Waals surface area contributed by atoms with Crippen molar-refractivity contribution < 1.29 is 38.5 Å². The van der Waals surface area contributed by atoms with Crippen molar-refractivity contribution in [2.24, 2.45) is 0 Å². The summed E-state index contributed by atoms with van der Waals surface area (Å²) in [4.78, 5) is 29.7. The number of fused-ring (bicyclic) bond motifs is 1. The Bertz CT molecular complexity index is 1200. The monoisotopic (exact) mass is 537 g/mol. The molecule has 208 valence electrons. The van der Waals surface area contributed by atoms with Crippen LogP contribution in [-0.2, 0) is 14.3 Å². The number of carbonyl (C=O) groups excluding carboxylic acids is 2. The van der Waals surface area contributed by atoms with Gasteiger partial charge >= 0.3 is 0 Å². The summed E-state index contributed by atoms with van der Waals surface area (Å²) in [6.07, 6.45) is 2.74. The number of Topliss-reactive ketones (excluding diaryl/α,β-unsaturated/α-hetero) is 1. The molecular weight excluding hydrogens is 500 g/mol. The standard InChI is InChI=1S/C30H36N2O7/c1-2-3-15-37-23-8-5-21(6-9-23)27-26(28(33)22-7-10-24-25(20-22)39-19-18-38-24)29(34)30(35)32(27)12-4-11-31-13-16-36-17-14-31/h5-10,20,27,33H,2-4,11-19H2,1H3/p+1/t27-/m1/s1. The number of rotatable bonds is 10. The second kappa shape index (κ2) is 12.5. The maximum atomic E-state index is 13.4. The van der Waals surface area contributed by atoms with Crippen LogP contribution in [0, 0.1) is 0 Å². The molecule has 5 rings (SSSR count). The van der Waals surface area contributed by atoms with Crippen molar-refractivity contribution in [2.45, 2.75) is 32.2 Å². The number of morpholine rings is 1. The minimum atomic E-state index is -0.706. The van der Waals surface area contributed by atoms with Crippen LogP contribution in [0.15, 0.2) is 48.0 Å². The first-order valence-corrected chi connectivity index (χ1v) is 13.9. The van der Waals surface area contributed by atoms with Gasteiger partial charge < -0.3 is 33.9 Å². The molecule has 2 aromatic rings. The van der Waals surface area contributed by atoms with Crippen LogP contribution in [0.25, 0.3) is 5.76 Å². The van der Waals surface area contributed by atoms with E-state index in [2.05, 4.69) is 6.92 Å². The highest BCUT2D eigenvalue weighted by atomic mass is 16.6. The number of likely N-dealkylation sites (tertiary alicyclic amines) is 1. The van der Waals surface area contributed by atoms with Gasteiger partial charge in [-0.05, 0) is 42.3 Å². The number of amides is 1. The van der Waals surface area contributed by atoms with Crippen LogP contribution >= 0.6 is 0 Å². The van der Waals surface area contributed by atoms with Crippen LogP contribution < -0.4 is 19.1 Å². The molecule has 0 unspecified atom stereocenters. The normalized spacial score (nSPS) is 20.8. The summed E-state index contributed by atoms with van der Waals surface area (Å²) in [5.74, 6) is 0.303. The highest BCUT2D eigenvalue weighted by molar-refractivity contribution is 6.46. The molecule has 3 aliphatic heterocycles. The number of nitrogens with zero attached hydrogens (tertiary/aromatic N) is 1. The molecular formula is C30H37N2O7+. The van der Waals surface area contributed by atoms with E-state index in [1.165, 1.54) is 4.90 Å². The van der Waals surface area contributed by atoms with Crippen molar-refractivity contribution in [2.75, 3.05) is 59.2 Å². The van der Waals surface area contributed by atoms with Crippen LogP contribution in [0.2, 0.25) is 0 Å².